The Kier molecular flexibility index (Phi) is 7.08. The fraction of sp³-hybridized carbons (Fsp3) is 0.286. The molecule has 4 aromatic rings. The van der Waals surface area contributed by atoms with Crippen molar-refractivity contribution in [1.29, 1.82) is 0 Å². The number of aryl methyl sites for hydroxylation is 1. The minimum absolute atomic E-state index is 0.0353. The summed E-state index contributed by atoms with van der Waals surface area (Å²) in [7, 11) is 0. The molecule has 5 rings (SSSR count). The van der Waals surface area contributed by atoms with Crippen LogP contribution in [0, 0.1) is 13.8 Å². The first-order chi connectivity index (χ1) is 17.1. The number of hydrogen-bond acceptors (Lipinski definition) is 6. The number of carbonyl (C=O) groups is 1. The van der Waals surface area contributed by atoms with Crippen LogP contribution in [0.4, 0.5) is 5.00 Å². The third-order valence-corrected chi connectivity index (χ3v) is 7.80. The summed E-state index contributed by atoms with van der Waals surface area (Å²) in [5, 5.41) is 3.99. The van der Waals surface area contributed by atoms with Crippen molar-refractivity contribution in [2.45, 2.75) is 26.4 Å². The highest BCUT2D eigenvalue weighted by atomic mass is 32.1. The highest BCUT2D eigenvalue weighted by molar-refractivity contribution is 7.16. The Morgan fingerprint density at radius 1 is 1.03 bits per heavy atom. The van der Waals surface area contributed by atoms with Crippen molar-refractivity contribution in [3.8, 4) is 0 Å². The Labute approximate surface area is 210 Å². The number of piperazine rings is 1. The van der Waals surface area contributed by atoms with E-state index in [2.05, 4.69) is 65.4 Å². The molecule has 180 valence electrons. The van der Waals surface area contributed by atoms with Gasteiger partial charge < -0.3 is 9.73 Å². The second kappa shape index (κ2) is 10.6. The number of furan rings is 1. The molecule has 6 nitrogen and oxygen atoms in total. The number of amides is 1. The molecule has 1 aliphatic rings. The summed E-state index contributed by atoms with van der Waals surface area (Å²) in [6.07, 6.45) is 3.37. The third kappa shape index (κ3) is 5.22. The Balaban J connectivity index is 1.42. The summed E-state index contributed by atoms with van der Waals surface area (Å²) in [4.78, 5) is 23.8. The summed E-state index contributed by atoms with van der Waals surface area (Å²) < 4.78 is 5.33. The van der Waals surface area contributed by atoms with Crippen molar-refractivity contribution in [2.75, 3.05) is 31.5 Å². The van der Waals surface area contributed by atoms with Crippen LogP contribution < -0.4 is 5.32 Å². The molecule has 1 aliphatic heterocycles. The lowest BCUT2D eigenvalue weighted by molar-refractivity contribution is 0.0993. The first-order valence-electron chi connectivity index (χ1n) is 12.0. The first kappa shape index (κ1) is 23.5. The summed E-state index contributed by atoms with van der Waals surface area (Å²) in [6.45, 7) is 9.03. The maximum absolute atomic E-state index is 12.9. The van der Waals surface area contributed by atoms with Crippen LogP contribution in [0.25, 0.3) is 0 Å². The quantitative estimate of drug-likeness (QED) is 0.373. The summed E-state index contributed by atoms with van der Waals surface area (Å²) in [5.74, 6) is 0.0773. The summed E-state index contributed by atoms with van der Waals surface area (Å²) >= 11 is 1.62. The van der Waals surface area contributed by atoms with E-state index < -0.39 is 0 Å². The number of benzene rings is 1. The predicted octanol–water partition coefficient (Wildman–Crippen LogP) is 5.51. The van der Waals surface area contributed by atoms with Gasteiger partial charge in [0, 0.05) is 49.4 Å². The van der Waals surface area contributed by atoms with Crippen molar-refractivity contribution in [2.24, 2.45) is 0 Å². The maximum Gasteiger partial charge on any atom is 0.291 e. The zero-order chi connectivity index (χ0) is 24.2. The molecule has 0 unspecified atom stereocenters. The van der Waals surface area contributed by atoms with E-state index in [9.17, 15) is 4.79 Å². The van der Waals surface area contributed by atoms with E-state index in [1.165, 1.54) is 22.3 Å². The van der Waals surface area contributed by atoms with Crippen LogP contribution in [0.3, 0.4) is 0 Å². The topological polar surface area (TPSA) is 61.6 Å². The minimum atomic E-state index is -0.232. The number of nitrogens with one attached hydrogen (secondary N) is 1. The molecule has 0 bridgehead atoms. The number of pyridine rings is 1. The van der Waals surface area contributed by atoms with Gasteiger partial charge in [-0.15, -0.1) is 11.3 Å². The number of hydrogen-bond donors (Lipinski definition) is 1. The molecule has 1 aromatic carbocycles. The van der Waals surface area contributed by atoms with Gasteiger partial charge in [-0.25, -0.2) is 0 Å². The molecule has 1 fully saturated rings. The SMILES string of the molecule is Cc1sc(NC(=O)c2ccco2)c([C@@H](c2ccccn2)N2CCN(Cc3ccccc3)CC2)c1C. The number of rotatable bonds is 7. The lowest BCUT2D eigenvalue weighted by Gasteiger charge is -2.39. The van der Waals surface area contributed by atoms with Crippen LogP contribution in [0.2, 0.25) is 0 Å². The Hall–Kier alpha value is -3.26. The largest absolute Gasteiger partial charge is 0.459 e. The van der Waals surface area contributed by atoms with E-state index in [1.807, 2.05) is 18.3 Å². The van der Waals surface area contributed by atoms with Gasteiger partial charge in [-0.05, 0) is 49.2 Å². The monoisotopic (exact) mass is 486 g/mol. The van der Waals surface area contributed by atoms with Gasteiger partial charge in [-0.1, -0.05) is 36.4 Å². The standard InChI is InChI=1S/C28H30N4O2S/c1-20-21(2)35-28(30-27(33)24-12-8-18-34-24)25(20)26(23-11-6-7-13-29-23)32-16-14-31(15-17-32)19-22-9-4-3-5-10-22/h3-13,18,26H,14-17,19H2,1-2H3,(H,30,33)/t26-/m1/s1. The van der Waals surface area contributed by atoms with Crippen LogP contribution >= 0.6 is 11.3 Å². The smallest absolute Gasteiger partial charge is 0.291 e. The van der Waals surface area contributed by atoms with Gasteiger partial charge in [-0.2, -0.15) is 0 Å². The molecule has 1 atom stereocenters. The van der Waals surface area contributed by atoms with Crippen LogP contribution in [-0.4, -0.2) is 46.9 Å². The molecule has 3 aromatic heterocycles. The van der Waals surface area contributed by atoms with E-state index >= 15 is 0 Å². The summed E-state index contributed by atoms with van der Waals surface area (Å²) in [6, 6.07) is 20.1. The fourth-order valence-electron chi connectivity index (χ4n) is 4.72. The number of thiophene rings is 1. The van der Waals surface area contributed by atoms with Crippen LogP contribution in [0.1, 0.15) is 43.9 Å². The van der Waals surface area contributed by atoms with Gasteiger partial charge in [0.2, 0.25) is 0 Å². The van der Waals surface area contributed by atoms with Crippen molar-refractivity contribution < 1.29 is 9.21 Å². The number of nitrogens with zero attached hydrogens (tertiary/aromatic N) is 3. The van der Waals surface area contributed by atoms with E-state index in [-0.39, 0.29) is 11.9 Å². The number of carbonyl (C=O) groups excluding carboxylic acids is 1. The molecular weight excluding hydrogens is 456 g/mol. The van der Waals surface area contributed by atoms with E-state index in [4.69, 9.17) is 9.40 Å². The molecule has 0 spiro atoms. The second-order valence-corrected chi connectivity index (χ2v) is 10.1. The average Bonchev–Trinajstić information content (AvgIpc) is 3.52. The van der Waals surface area contributed by atoms with Crippen LogP contribution in [0.5, 0.6) is 0 Å². The van der Waals surface area contributed by atoms with Gasteiger partial charge in [0.15, 0.2) is 5.76 Å². The Morgan fingerprint density at radius 3 is 2.49 bits per heavy atom. The third-order valence-electron chi connectivity index (χ3n) is 6.67. The Bertz CT molecular complexity index is 1250. The predicted molar refractivity (Wildman–Crippen MR) is 140 cm³/mol. The number of aromatic nitrogens is 1. The maximum atomic E-state index is 12.9. The molecule has 0 radical (unpaired) electrons. The molecule has 1 amide bonds. The molecule has 35 heavy (non-hydrogen) atoms. The van der Waals surface area contributed by atoms with Gasteiger partial charge in [-0.3, -0.25) is 19.6 Å². The minimum Gasteiger partial charge on any atom is -0.459 e. The van der Waals surface area contributed by atoms with Gasteiger partial charge >= 0.3 is 0 Å². The van der Waals surface area contributed by atoms with Gasteiger partial charge in [0.1, 0.15) is 5.00 Å². The van der Waals surface area contributed by atoms with Crippen molar-refractivity contribution in [3.63, 3.8) is 0 Å². The highest BCUT2D eigenvalue weighted by Gasteiger charge is 2.32. The fourth-order valence-corrected chi connectivity index (χ4v) is 5.80. The average molecular weight is 487 g/mol. The van der Waals surface area contributed by atoms with E-state index in [1.54, 1.807) is 23.5 Å². The number of anilines is 1. The second-order valence-electron chi connectivity index (χ2n) is 8.91. The lowest BCUT2D eigenvalue weighted by atomic mass is 9.97. The van der Waals surface area contributed by atoms with Gasteiger partial charge in [0.25, 0.3) is 5.91 Å². The zero-order valence-corrected chi connectivity index (χ0v) is 20.9. The summed E-state index contributed by atoms with van der Waals surface area (Å²) in [5.41, 5.74) is 4.67. The van der Waals surface area contributed by atoms with Gasteiger partial charge in [0.05, 0.1) is 18.0 Å². The molecule has 0 saturated carbocycles. The molecular formula is C28H30N4O2S. The highest BCUT2D eigenvalue weighted by Crippen LogP contribution is 2.42. The van der Waals surface area contributed by atoms with Crippen LogP contribution in [-0.2, 0) is 6.54 Å². The van der Waals surface area contributed by atoms with E-state index in [0.717, 1.165) is 49.0 Å². The van der Waals surface area contributed by atoms with Crippen LogP contribution in [0.15, 0.2) is 77.5 Å². The van der Waals surface area contributed by atoms with Crippen molar-refractivity contribution >= 4 is 22.2 Å². The Morgan fingerprint density at radius 2 is 1.80 bits per heavy atom. The molecule has 7 heteroatoms. The lowest BCUT2D eigenvalue weighted by Crippen LogP contribution is -2.47. The van der Waals surface area contributed by atoms with Crippen molar-refractivity contribution in [1.82, 2.24) is 14.8 Å². The molecule has 0 aliphatic carbocycles. The first-order valence-corrected chi connectivity index (χ1v) is 12.8. The molecule has 1 N–H and O–H groups in total. The van der Waals surface area contributed by atoms with E-state index in [0.29, 0.717) is 5.76 Å². The molecule has 1 saturated heterocycles. The van der Waals surface area contributed by atoms with Crippen molar-refractivity contribution in [3.05, 3.63) is 106 Å². The normalized spacial score (nSPS) is 15.7. The molecule has 4 heterocycles. The zero-order valence-electron chi connectivity index (χ0n) is 20.1.